The lowest BCUT2D eigenvalue weighted by Crippen LogP contribution is -2.44. The summed E-state index contributed by atoms with van der Waals surface area (Å²) in [5.74, 6) is 1.83. The van der Waals surface area contributed by atoms with E-state index in [9.17, 15) is 15.3 Å². The Labute approximate surface area is 195 Å². The maximum Gasteiger partial charge on any atom is 0.0540 e. The van der Waals surface area contributed by atoms with E-state index in [1.165, 1.54) is 11.1 Å². The van der Waals surface area contributed by atoms with Crippen molar-refractivity contribution in [2.75, 3.05) is 0 Å². The largest absolute Gasteiger partial charge is 0.393 e. The Balaban J connectivity index is 1.59. The van der Waals surface area contributed by atoms with Crippen LogP contribution in [0.25, 0.3) is 0 Å². The first kappa shape index (κ1) is 24.2. The normalized spacial score (nSPS) is 36.4. The summed E-state index contributed by atoms with van der Waals surface area (Å²) < 4.78 is 0. The van der Waals surface area contributed by atoms with Crippen molar-refractivity contribution in [2.24, 2.45) is 17.8 Å². The molecule has 3 fully saturated rings. The van der Waals surface area contributed by atoms with Crippen molar-refractivity contribution in [1.29, 1.82) is 0 Å². The standard InChI is InChI=1S/C29H46O3/c1-28(2,21-8-14-25(30)15-9-21)20-4-6-22(7-5-20)29(3,23-10-16-26(31)17-11-23)24-12-18-27(32)19-13-24/h4-7,21,23-27,30-32H,8-19H2,1-3H3. The molecule has 1 aromatic rings. The van der Waals surface area contributed by atoms with Crippen LogP contribution in [0.2, 0.25) is 0 Å². The molecule has 0 atom stereocenters. The van der Waals surface area contributed by atoms with Crippen LogP contribution in [0.4, 0.5) is 0 Å². The minimum atomic E-state index is -0.124. The number of benzene rings is 1. The van der Waals surface area contributed by atoms with Gasteiger partial charge in [-0.2, -0.15) is 0 Å². The fourth-order valence-corrected chi connectivity index (χ4v) is 7.45. The molecule has 0 spiro atoms. The molecule has 0 unspecified atom stereocenters. The third-order valence-corrected chi connectivity index (χ3v) is 10.1. The Hall–Kier alpha value is -0.900. The van der Waals surface area contributed by atoms with E-state index in [-0.39, 0.29) is 29.1 Å². The topological polar surface area (TPSA) is 60.7 Å². The second kappa shape index (κ2) is 9.76. The highest BCUT2D eigenvalue weighted by atomic mass is 16.3. The second-order valence-corrected chi connectivity index (χ2v) is 12.1. The van der Waals surface area contributed by atoms with E-state index in [1.54, 1.807) is 0 Å². The van der Waals surface area contributed by atoms with E-state index in [4.69, 9.17) is 0 Å². The molecule has 180 valence electrons. The van der Waals surface area contributed by atoms with Crippen LogP contribution in [-0.2, 0) is 10.8 Å². The summed E-state index contributed by atoms with van der Waals surface area (Å²) in [7, 11) is 0. The van der Waals surface area contributed by atoms with E-state index >= 15 is 0 Å². The fraction of sp³-hybridized carbons (Fsp3) is 0.793. The van der Waals surface area contributed by atoms with Crippen LogP contribution in [0.1, 0.15) is 109 Å². The van der Waals surface area contributed by atoms with Crippen LogP contribution in [0, 0.1) is 17.8 Å². The van der Waals surface area contributed by atoms with Gasteiger partial charge >= 0.3 is 0 Å². The van der Waals surface area contributed by atoms with Gasteiger partial charge in [0.1, 0.15) is 0 Å². The van der Waals surface area contributed by atoms with Gasteiger partial charge in [0, 0.05) is 0 Å². The third-order valence-electron chi connectivity index (χ3n) is 10.1. The molecule has 3 aliphatic carbocycles. The van der Waals surface area contributed by atoms with Crippen LogP contribution in [0.3, 0.4) is 0 Å². The Morgan fingerprint density at radius 3 is 1.19 bits per heavy atom. The van der Waals surface area contributed by atoms with E-state index in [0.717, 1.165) is 77.0 Å². The monoisotopic (exact) mass is 442 g/mol. The fourth-order valence-electron chi connectivity index (χ4n) is 7.45. The summed E-state index contributed by atoms with van der Waals surface area (Å²) >= 11 is 0. The molecule has 1 aromatic carbocycles. The molecule has 3 aliphatic rings. The molecule has 3 heteroatoms. The molecule has 0 amide bonds. The summed E-state index contributed by atoms with van der Waals surface area (Å²) in [5.41, 5.74) is 3.11. The number of hydrogen-bond donors (Lipinski definition) is 3. The molecular formula is C29H46O3. The molecule has 0 saturated heterocycles. The van der Waals surface area contributed by atoms with Gasteiger partial charge in [0.25, 0.3) is 0 Å². The zero-order chi connectivity index (χ0) is 22.9. The molecule has 4 rings (SSSR count). The minimum Gasteiger partial charge on any atom is -0.393 e. The zero-order valence-corrected chi connectivity index (χ0v) is 20.6. The van der Waals surface area contributed by atoms with Crippen molar-refractivity contribution in [3.8, 4) is 0 Å². The van der Waals surface area contributed by atoms with Gasteiger partial charge in [-0.1, -0.05) is 45.0 Å². The van der Waals surface area contributed by atoms with Crippen molar-refractivity contribution in [2.45, 2.75) is 127 Å². The van der Waals surface area contributed by atoms with E-state index in [2.05, 4.69) is 45.0 Å². The van der Waals surface area contributed by atoms with Gasteiger partial charge in [-0.05, 0) is 117 Å². The highest BCUT2D eigenvalue weighted by molar-refractivity contribution is 5.34. The lowest BCUT2D eigenvalue weighted by molar-refractivity contribution is 0.0336. The zero-order valence-electron chi connectivity index (χ0n) is 20.6. The Morgan fingerprint density at radius 1 is 0.500 bits per heavy atom. The van der Waals surface area contributed by atoms with E-state index in [0.29, 0.717) is 17.8 Å². The highest BCUT2D eigenvalue weighted by Gasteiger charge is 2.45. The van der Waals surface area contributed by atoms with Gasteiger partial charge in [-0.25, -0.2) is 0 Å². The van der Waals surface area contributed by atoms with Crippen LogP contribution in [-0.4, -0.2) is 33.6 Å². The number of aliphatic hydroxyl groups excluding tert-OH is 3. The van der Waals surface area contributed by atoms with Gasteiger partial charge in [0.2, 0.25) is 0 Å². The molecule has 32 heavy (non-hydrogen) atoms. The summed E-state index contributed by atoms with van der Waals surface area (Å²) in [6.07, 6.45) is 11.9. The van der Waals surface area contributed by atoms with Crippen molar-refractivity contribution in [3.63, 3.8) is 0 Å². The van der Waals surface area contributed by atoms with Gasteiger partial charge in [0.05, 0.1) is 18.3 Å². The van der Waals surface area contributed by atoms with Crippen LogP contribution in [0.15, 0.2) is 24.3 Å². The lowest BCUT2D eigenvalue weighted by Gasteiger charge is -2.49. The average molecular weight is 443 g/mol. The molecule has 0 radical (unpaired) electrons. The molecule has 3 N–H and O–H groups in total. The smallest absolute Gasteiger partial charge is 0.0540 e. The predicted molar refractivity (Wildman–Crippen MR) is 131 cm³/mol. The highest BCUT2D eigenvalue weighted by Crippen LogP contribution is 2.51. The lowest BCUT2D eigenvalue weighted by atomic mass is 9.56. The Bertz CT molecular complexity index is 693. The Morgan fingerprint density at radius 2 is 0.812 bits per heavy atom. The summed E-state index contributed by atoms with van der Waals surface area (Å²) in [4.78, 5) is 0. The maximum atomic E-state index is 10.1. The van der Waals surface area contributed by atoms with Gasteiger partial charge < -0.3 is 15.3 Å². The minimum absolute atomic E-state index is 0.104. The molecule has 0 heterocycles. The summed E-state index contributed by atoms with van der Waals surface area (Å²) in [6.45, 7) is 7.25. The first-order chi connectivity index (χ1) is 15.2. The predicted octanol–water partition coefficient (Wildman–Crippen LogP) is 5.88. The third kappa shape index (κ3) is 4.81. The molecule has 0 aliphatic heterocycles. The van der Waals surface area contributed by atoms with Gasteiger partial charge in [0.15, 0.2) is 0 Å². The van der Waals surface area contributed by atoms with Crippen LogP contribution < -0.4 is 0 Å². The van der Waals surface area contributed by atoms with E-state index in [1.807, 2.05) is 0 Å². The van der Waals surface area contributed by atoms with Gasteiger partial charge in [-0.15, -0.1) is 0 Å². The molecule has 0 aromatic heterocycles. The van der Waals surface area contributed by atoms with Crippen molar-refractivity contribution in [3.05, 3.63) is 35.4 Å². The van der Waals surface area contributed by atoms with Crippen molar-refractivity contribution < 1.29 is 15.3 Å². The molecule has 3 nitrogen and oxygen atoms in total. The SMILES string of the molecule is CC(C)(c1ccc(C(C)(C2CCC(O)CC2)C2CCC(O)CC2)cc1)C1CCC(O)CC1. The van der Waals surface area contributed by atoms with Crippen molar-refractivity contribution in [1.82, 2.24) is 0 Å². The maximum absolute atomic E-state index is 10.1. The average Bonchev–Trinajstić information content (AvgIpc) is 2.80. The summed E-state index contributed by atoms with van der Waals surface area (Å²) in [6, 6.07) is 9.58. The van der Waals surface area contributed by atoms with Crippen LogP contribution in [0.5, 0.6) is 0 Å². The summed E-state index contributed by atoms with van der Waals surface area (Å²) in [5, 5.41) is 30.2. The van der Waals surface area contributed by atoms with Crippen molar-refractivity contribution >= 4 is 0 Å². The Kier molecular flexibility index (Phi) is 7.39. The number of hydrogen-bond acceptors (Lipinski definition) is 3. The first-order valence-electron chi connectivity index (χ1n) is 13.4. The number of rotatable bonds is 5. The quantitative estimate of drug-likeness (QED) is 0.534. The first-order valence-corrected chi connectivity index (χ1v) is 13.4. The number of aliphatic hydroxyl groups is 3. The van der Waals surface area contributed by atoms with Gasteiger partial charge in [-0.3, -0.25) is 0 Å². The molecule has 0 bridgehead atoms. The second-order valence-electron chi connectivity index (χ2n) is 12.1. The van der Waals surface area contributed by atoms with Crippen LogP contribution >= 0.6 is 0 Å². The molecule has 3 saturated carbocycles. The van der Waals surface area contributed by atoms with E-state index < -0.39 is 0 Å². The molecular weight excluding hydrogens is 396 g/mol.